The number of hydrogen-bond donors (Lipinski definition) is 1. The van der Waals surface area contributed by atoms with Crippen molar-refractivity contribution in [2.24, 2.45) is 0 Å². The molecule has 136 valence electrons. The SMILES string of the molecule is CCOC(=O)CCNC(=O)c1cccc(B2OC(C)(C)C(C)(C)O2)c1. The normalized spacial score (nSPS) is 18.0. The fraction of sp³-hybridized carbons (Fsp3) is 0.556. The fourth-order valence-electron chi connectivity index (χ4n) is 2.42. The van der Waals surface area contributed by atoms with Gasteiger partial charge in [0.2, 0.25) is 0 Å². The Morgan fingerprint density at radius 3 is 2.40 bits per heavy atom. The van der Waals surface area contributed by atoms with Gasteiger partial charge in [-0.05, 0) is 52.2 Å². The predicted octanol–water partition coefficient (Wildman–Crippen LogP) is 1.67. The highest BCUT2D eigenvalue weighted by atomic mass is 16.7. The first-order valence-electron chi connectivity index (χ1n) is 8.55. The molecule has 1 aromatic rings. The molecular weight excluding hydrogens is 321 g/mol. The Bertz CT molecular complexity index is 628. The quantitative estimate of drug-likeness (QED) is 0.626. The van der Waals surface area contributed by atoms with Crippen LogP contribution in [-0.4, -0.2) is 43.3 Å². The zero-order chi connectivity index (χ0) is 18.7. The molecule has 0 bridgehead atoms. The molecule has 1 aliphatic heterocycles. The van der Waals surface area contributed by atoms with E-state index in [0.717, 1.165) is 5.46 Å². The van der Waals surface area contributed by atoms with E-state index < -0.39 is 18.3 Å². The maximum Gasteiger partial charge on any atom is 0.494 e. The van der Waals surface area contributed by atoms with Crippen molar-refractivity contribution < 1.29 is 23.6 Å². The summed E-state index contributed by atoms with van der Waals surface area (Å²) in [5.74, 6) is -0.573. The van der Waals surface area contributed by atoms with Gasteiger partial charge in [0.15, 0.2) is 0 Å². The van der Waals surface area contributed by atoms with Gasteiger partial charge in [-0.15, -0.1) is 0 Å². The Kier molecular flexibility index (Phi) is 5.90. The van der Waals surface area contributed by atoms with Gasteiger partial charge in [0, 0.05) is 12.1 Å². The second-order valence-electron chi connectivity index (χ2n) is 7.02. The highest BCUT2D eigenvalue weighted by Gasteiger charge is 2.51. The van der Waals surface area contributed by atoms with Crippen LogP contribution < -0.4 is 10.8 Å². The number of ether oxygens (including phenoxy) is 1. The fourth-order valence-corrected chi connectivity index (χ4v) is 2.42. The highest BCUT2D eigenvalue weighted by Crippen LogP contribution is 2.36. The van der Waals surface area contributed by atoms with E-state index in [1.54, 1.807) is 25.1 Å². The number of hydrogen-bond acceptors (Lipinski definition) is 5. The molecular formula is C18H26BNO5. The minimum Gasteiger partial charge on any atom is -0.466 e. The Morgan fingerprint density at radius 2 is 1.80 bits per heavy atom. The number of amides is 1. The second kappa shape index (κ2) is 7.58. The zero-order valence-electron chi connectivity index (χ0n) is 15.5. The largest absolute Gasteiger partial charge is 0.494 e. The van der Waals surface area contributed by atoms with Crippen molar-refractivity contribution >= 4 is 24.5 Å². The van der Waals surface area contributed by atoms with Gasteiger partial charge >= 0.3 is 13.1 Å². The summed E-state index contributed by atoms with van der Waals surface area (Å²) in [5.41, 5.74) is 0.415. The van der Waals surface area contributed by atoms with E-state index in [9.17, 15) is 9.59 Å². The van der Waals surface area contributed by atoms with Crippen LogP contribution in [0.1, 0.15) is 51.4 Å². The van der Waals surface area contributed by atoms with Crippen LogP contribution in [0.25, 0.3) is 0 Å². The number of carbonyl (C=O) groups excluding carboxylic acids is 2. The van der Waals surface area contributed by atoms with Gasteiger partial charge in [-0.1, -0.05) is 12.1 Å². The molecule has 1 fully saturated rings. The lowest BCUT2D eigenvalue weighted by Gasteiger charge is -2.32. The van der Waals surface area contributed by atoms with Gasteiger partial charge in [0.05, 0.1) is 24.2 Å². The van der Waals surface area contributed by atoms with Gasteiger partial charge in [-0.25, -0.2) is 0 Å². The molecule has 1 saturated heterocycles. The summed E-state index contributed by atoms with van der Waals surface area (Å²) < 4.78 is 16.9. The van der Waals surface area contributed by atoms with Crippen LogP contribution in [0, 0.1) is 0 Å². The van der Waals surface area contributed by atoms with Gasteiger partial charge < -0.3 is 19.4 Å². The number of carbonyl (C=O) groups is 2. The standard InChI is InChI=1S/C18H26BNO5/c1-6-23-15(21)10-11-20-16(22)13-8-7-9-14(12-13)19-24-17(2,3)18(4,5)25-19/h7-9,12H,6,10-11H2,1-5H3,(H,20,22). The van der Waals surface area contributed by atoms with Crippen molar-refractivity contribution in [2.75, 3.05) is 13.2 Å². The number of nitrogens with one attached hydrogen (secondary N) is 1. The third-order valence-electron chi connectivity index (χ3n) is 4.59. The first kappa shape index (κ1) is 19.5. The van der Waals surface area contributed by atoms with Crippen molar-refractivity contribution in [1.29, 1.82) is 0 Å². The van der Waals surface area contributed by atoms with E-state index in [4.69, 9.17) is 14.0 Å². The average molecular weight is 347 g/mol. The minimum absolute atomic E-state index is 0.149. The summed E-state index contributed by atoms with van der Waals surface area (Å²) in [5, 5.41) is 2.72. The summed E-state index contributed by atoms with van der Waals surface area (Å²) in [6, 6.07) is 7.13. The number of rotatable bonds is 6. The second-order valence-corrected chi connectivity index (χ2v) is 7.02. The van der Waals surface area contributed by atoms with Gasteiger partial charge in [0.25, 0.3) is 5.91 Å². The third kappa shape index (κ3) is 4.61. The number of benzene rings is 1. The summed E-state index contributed by atoms with van der Waals surface area (Å²) in [7, 11) is -0.516. The molecule has 0 radical (unpaired) electrons. The molecule has 0 aliphatic carbocycles. The Hall–Kier alpha value is -1.86. The van der Waals surface area contributed by atoms with Crippen molar-refractivity contribution in [3.05, 3.63) is 29.8 Å². The third-order valence-corrected chi connectivity index (χ3v) is 4.59. The van der Waals surface area contributed by atoms with E-state index in [2.05, 4.69) is 5.32 Å². The van der Waals surface area contributed by atoms with Gasteiger partial charge in [-0.3, -0.25) is 9.59 Å². The molecule has 6 nitrogen and oxygen atoms in total. The van der Waals surface area contributed by atoms with Gasteiger partial charge in [0.1, 0.15) is 0 Å². The Labute approximate surface area is 149 Å². The minimum atomic E-state index is -0.516. The first-order valence-corrected chi connectivity index (χ1v) is 8.55. The molecule has 7 heteroatoms. The van der Waals surface area contributed by atoms with Crippen LogP contribution in [0.2, 0.25) is 0 Å². The molecule has 1 heterocycles. The Morgan fingerprint density at radius 1 is 1.16 bits per heavy atom. The highest BCUT2D eigenvalue weighted by molar-refractivity contribution is 6.62. The first-order chi connectivity index (χ1) is 11.7. The maximum absolute atomic E-state index is 12.3. The lowest BCUT2D eigenvalue weighted by Crippen LogP contribution is -2.41. The lowest BCUT2D eigenvalue weighted by molar-refractivity contribution is -0.142. The lowest BCUT2D eigenvalue weighted by atomic mass is 9.78. The summed E-state index contributed by atoms with van der Waals surface area (Å²) in [6.45, 7) is 10.3. The monoisotopic (exact) mass is 347 g/mol. The summed E-state index contributed by atoms with van der Waals surface area (Å²) in [6.07, 6.45) is 0.149. The van der Waals surface area contributed by atoms with E-state index in [1.165, 1.54) is 0 Å². The zero-order valence-corrected chi connectivity index (χ0v) is 15.5. The molecule has 0 unspecified atom stereocenters. The molecule has 1 aliphatic rings. The van der Waals surface area contributed by atoms with E-state index in [1.807, 2.05) is 33.8 Å². The van der Waals surface area contributed by atoms with Crippen LogP contribution in [-0.2, 0) is 18.8 Å². The average Bonchev–Trinajstić information content (AvgIpc) is 2.76. The van der Waals surface area contributed by atoms with Crippen molar-refractivity contribution in [3.8, 4) is 0 Å². The smallest absolute Gasteiger partial charge is 0.466 e. The van der Waals surface area contributed by atoms with Crippen LogP contribution in [0.3, 0.4) is 0 Å². The molecule has 2 rings (SSSR count). The molecule has 0 spiro atoms. The molecule has 1 aromatic carbocycles. The topological polar surface area (TPSA) is 73.9 Å². The molecule has 1 amide bonds. The van der Waals surface area contributed by atoms with Gasteiger partial charge in [-0.2, -0.15) is 0 Å². The maximum atomic E-state index is 12.3. The summed E-state index contributed by atoms with van der Waals surface area (Å²) >= 11 is 0. The van der Waals surface area contributed by atoms with E-state index >= 15 is 0 Å². The van der Waals surface area contributed by atoms with Crippen molar-refractivity contribution in [1.82, 2.24) is 5.32 Å². The summed E-state index contributed by atoms with van der Waals surface area (Å²) in [4.78, 5) is 23.6. The molecule has 1 N–H and O–H groups in total. The van der Waals surface area contributed by atoms with Crippen molar-refractivity contribution in [3.63, 3.8) is 0 Å². The molecule has 0 atom stereocenters. The van der Waals surface area contributed by atoms with Crippen LogP contribution >= 0.6 is 0 Å². The Balaban J connectivity index is 1.99. The van der Waals surface area contributed by atoms with E-state index in [0.29, 0.717) is 12.2 Å². The van der Waals surface area contributed by atoms with Crippen molar-refractivity contribution in [2.45, 2.75) is 52.2 Å². The number of esters is 1. The predicted molar refractivity (Wildman–Crippen MR) is 95.7 cm³/mol. The van der Waals surface area contributed by atoms with Crippen LogP contribution in [0.15, 0.2) is 24.3 Å². The van der Waals surface area contributed by atoms with E-state index in [-0.39, 0.29) is 24.8 Å². The molecule has 0 saturated carbocycles. The van der Waals surface area contributed by atoms with Crippen LogP contribution in [0.5, 0.6) is 0 Å². The molecule has 25 heavy (non-hydrogen) atoms. The molecule has 0 aromatic heterocycles. The van der Waals surface area contributed by atoms with Crippen LogP contribution in [0.4, 0.5) is 0 Å².